The molecular formula is C33H38FNO2. The fourth-order valence-corrected chi connectivity index (χ4v) is 7.42. The molecule has 4 heteroatoms. The van der Waals surface area contributed by atoms with Crippen LogP contribution in [0.1, 0.15) is 87.5 Å². The third kappa shape index (κ3) is 4.13. The van der Waals surface area contributed by atoms with Crippen molar-refractivity contribution in [1.82, 2.24) is 4.98 Å². The van der Waals surface area contributed by atoms with Gasteiger partial charge in [-0.25, -0.2) is 9.37 Å². The van der Waals surface area contributed by atoms with Crippen LogP contribution in [0.4, 0.5) is 4.39 Å². The topological polar surface area (TPSA) is 31.4 Å². The molecule has 3 nitrogen and oxygen atoms in total. The van der Waals surface area contributed by atoms with E-state index in [1.54, 1.807) is 13.2 Å². The standard InChI is InChI=1S/C33H38FNO2/c1-21-11-14-33(21)15-12-23-8-9-24(17-29(23)33)37-20-22-7-10-25(27-18-31(36-4)35-19-30(27)34)26(16-22)28-6-5-13-32(28,2)3/h7-10,16-19,21,28H,5-6,11-15,20H2,1-4H3. The van der Waals surface area contributed by atoms with E-state index in [1.165, 1.54) is 61.4 Å². The van der Waals surface area contributed by atoms with Gasteiger partial charge in [-0.1, -0.05) is 51.5 Å². The minimum Gasteiger partial charge on any atom is -0.489 e. The highest BCUT2D eigenvalue weighted by atomic mass is 19.1. The fraction of sp³-hybridized carbons (Fsp3) is 0.485. The largest absolute Gasteiger partial charge is 0.489 e. The number of nitrogens with zero attached hydrogens (tertiary/aromatic N) is 1. The van der Waals surface area contributed by atoms with Crippen molar-refractivity contribution in [2.75, 3.05) is 7.11 Å². The number of rotatable bonds is 6. The van der Waals surface area contributed by atoms with Gasteiger partial charge in [-0.15, -0.1) is 0 Å². The maximum atomic E-state index is 15.0. The molecule has 1 spiro atoms. The summed E-state index contributed by atoms with van der Waals surface area (Å²) in [5, 5.41) is 0. The van der Waals surface area contributed by atoms with Gasteiger partial charge in [-0.05, 0) is 101 Å². The second-order valence-corrected chi connectivity index (χ2v) is 12.3. The molecule has 0 saturated heterocycles. The summed E-state index contributed by atoms with van der Waals surface area (Å²) in [6, 6.07) is 14.8. The van der Waals surface area contributed by atoms with Crippen LogP contribution in [0.15, 0.2) is 48.7 Å². The number of hydrogen-bond acceptors (Lipinski definition) is 3. The van der Waals surface area contributed by atoms with Crippen LogP contribution in [0, 0.1) is 17.2 Å². The normalized spacial score (nSPS) is 25.6. The van der Waals surface area contributed by atoms with E-state index in [9.17, 15) is 0 Å². The molecular weight excluding hydrogens is 461 g/mol. The number of methoxy groups -OCH3 is 1. The van der Waals surface area contributed by atoms with Gasteiger partial charge in [0.2, 0.25) is 5.88 Å². The summed E-state index contributed by atoms with van der Waals surface area (Å²) in [5.41, 5.74) is 7.37. The van der Waals surface area contributed by atoms with E-state index in [1.807, 2.05) is 0 Å². The molecule has 2 aromatic carbocycles. The number of fused-ring (bicyclic) bond motifs is 2. The van der Waals surface area contributed by atoms with E-state index in [-0.39, 0.29) is 11.2 Å². The maximum Gasteiger partial charge on any atom is 0.213 e. The van der Waals surface area contributed by atoms with Crippen molar-refractivity contribution < 1.29 is 13.9 Å². The molecule has 2 saturated carbocycles. The summed E-state index contributed by atoms with van der Waals surface area (Å²) >= 11 is 0. The zero-order valence-electron chi connectivity index (χ0n) is 22.6. The zero-order chi connectivity index (χ0) is 25.8. The number of ether oxygens (including phenoxy) is 2. The molecule has 37 heavy (non-hydrogen) atoms. The SMILES string of the molecule is COc1cc(-c2ccc(COc3ccc4c(c3)C3(CC4)CCC3C)cc2C2CCCC2(C)C)c(F)cn1. The third-order valence-corrected chi connectivity index (χ3v) is 9.91. The van der Waals surface area contributed by atoms with Gasteiger partial charge >= 0.3 is 0 Å². The third-order valence-electron chi connectivity index (χ3n) is 9.91. The zero-order valence-corrected chi connectivity index (χ0v) is 22.6. The van der Waals surface area contributed by atoms with Crippen molar-refractivity contribution in [3.8, 4) is 22.8 Å². The smallest absolute Gasteiger partial charge is 0.213 e. The summed E-state index contributed by atoms with van der Waals surface area (Å²) in [5.74, 6) is 2.19. The lowest BCUT2D eigenvalue weighted by molar-refractivity contribution is 0.138. The van der Waals surface area contributed by atoms with Gasteiger partial charge in [0.15, 0.2) is 0 Å². The molecule has 0 radical (unpaired) electrons. The number of benzene rings is 2. The molecule has 3 aromatic rings. The van der Waals surface area contributed by atoms with Gasteiger partial charge in [0.05, 0.1) is 13.3 Å². The molecule has 0 N–H and O–H groups in total. The quantitative estimate of drug-likeness (QED) is 0.341. The fourth-order valence-electron chi connectivity index (χ4n) is 7.42. The van der Waals surface area contributed by atoms with Crippen LogP contribution in [-0.4, -0.2) is 12.1 Å². The Morgan fingerprint density at radius 1 is 1.00 bits per heavy atom. The molecule has 3 aliphatic rings. The molecule has 194 valence electrons. The van der Waals surface area contributed by atoms with E-state index in [0.717, 1.165) is 29.2 Å². The summed E-state index contributed by atoms with van der Waals surface area (Å²) in [6.07, 6.45) is 9.86. The maximum absolute atomic E-state index is 15.0. The van der Waals surface area contributed by atoms with Crippen LogP contribution in [-0.2, 0) is 18.4 Å². The first-order valence-electron chi connectivity index (χ1n) is 13.9. The molecule has 1 aromatic heterocycles. The Morgan fingerprint density at radius 3 is 2.57 bits per heavy atom. The van der Waals surface area contributed by atoms with E-state index < -0.39 is 0 Å². The number of aromatic nitrogens is 1. The van der Waals surface area contributed by atoms with Gasteiger partial charge in [0, 0.05) is 11.6 Å². The van der Waals surface area contributed by atoms with Crippen molar-refractivity contribution in [2.45, 2.75) is 83.7 Å². The predicted molar refractivity (Wildman–Crippen MR) is 146 cm³/mol. The Hall–Kier alpha value is -2.88. The molecule has 0 amide bonds. The van der Waals surface area contributed by atoms with E-state index in [4.69, 9.17) is 9.47 Å². The van der Waals surface area contributed by atoms with Gasteiger partial charge in [-0.2, -0.15) is 0 Å². The molecule has 1 heterocycles. The van der Waals surface area contributed by atoms with Gasteiger partial charge in [-0.3, -0.25) is 0 Å². The van der Waals surface area contributed by atoms with E-state index in [2.05, 4.69) is 62.2 Å². The van der Waals surface area contributed by atoms with Gasteiger partial charge < -0.3 is 9.47 Å². The lowest BCUT2D eigenvalue weighted by Crippen LogP contribution is -2.40. The highest BCUT2D eigenvalue weighted by molar-refractivity contribution is 5.70. The number of hydrogen-bond donors (Lipinski definition) is 0. The number of halogens is 1. The van der Waals surface area contributed by atoms with Crippen molar-refractivity contribution >= 4 is 0 Å². The Bertz CT molecular complexity index is 1330. The number of pyridine rings is 1. The molecule has 0 bridgehead atoms. The monoisotopic (exact) mass is 499 g/mol. The highest BCUT2D eigenvalue weighted by Crippen LogP contribution is 2.56. The van der Waals surface area contributed by atoms with Gasteiger partial charge in [0.25, 0.3) is 0 Å². The molecule has 6 rings (SSSR count). The Balaban J connectivity index is 1.31. The second-order valence-electron chi connectivity index (χ2n) is 12.3. The average Bonchev–Trinajstić information content (AvgIpc) is 3.47. The van der Waals surface area contributed by atoms with Crippen LogP contribution in [0.5, 0.6) is 11.6 Å². The van der Waals surface area contributed by atoms with Crippen molar-refractivity contribution in [3.05, 3.63) is 76.7 Å². The molecule has 3 aliphatic carbocycles. The second kappa shape index (κ2) is 9.15. The van der Waals surface area contributed by atoms with E-state index >= 15 is 4.39 Å². The molecule has 3 atom stereocenters. The van der Waals surface area contributed by atoms with Crippen LogP contribution in [0.2, 0.25) is 0 Å². The van der Waals surface area contributed by atoms with Crippen LogP contribution in [0.25, 0.3) is 11.1 Å². The predicted octanol–water partition coefficient (Wildman–Crippen LogP) is 8.38. The Labute approximate surface area is 220 Å². The first-order valence-corrected chi connectivity index (χ1v) is 13.9. The Kier molecular flexibility index (Phi) is 6.05. The summed E-state index contributed by atoms with van der Waals surface area (Å²) < 4.78 is 26.7. The first kappa shape index (κ1) is 24.5. The van der Waals surface area contributed by atoms with Crippen LogP contribution < -0.4 is 9.47 Å². The summed E-state index contributed by atoms with van der Waals surface area (Å²) in [4.78, 5) is 4.05. The first-order chi connectivity index (χ1) is 17.8. The average molecular weight is 500 g/mol. The van der Waals surface area contributed by atoms with Crippen LogP contribution in [0.3, 0.4) is 0 Å². The van der Waals surface area contributed by atoms with Crippen molar-refractivity contribution in [1.29, 1.82) is 0 Å². The minimum atomic E-state index is -0.320. The van der Waals surface area contributed by atoms with Gasteiger partial charge in [0.1, 0.15) is 18.2 Å². The van der Waals surface area contributed by atoms with E-state index in [0.29, 0.717) is 29.4 Å². The molecule has 0 aliphatic heterocycles. The van der Waals surface area contributed by atoms with Crippen molar-refractivity contribution in [3.63, 3.8) is 0 Å². The van der Waals surface area contributed by atoms with Crippen molar-refractivity contribution in [2.24, 2.45) is 11.3 Å². The lowest BCUT2D eigenvalue weighted by atomic mass is 9.58. The molecule has 3 unspecified atom stereocenters. The summed E-state index contributed by atoms with van der Waals surface area (Å²) in [6.45, 7) is 7.58. The van der Waals surface area contributed by atoms with Crippen LogP contribution >= 0.6 is 0 Å². The Morgan fingerprint density at radius 2 is 1.86 bits per heavy atom. The highest BCUT2D eigenvalue weighted by Gasteiger charge is 2.49. The molecule has 2 fully saturated rings. The number of aryl methyl sites for hydroxylation is 1. The summed E-state index contributed by atoms with van der Waals surface area (Å²) in [7, 11) is 1.57. The lowest BCUT2D eigenvalue weighted by Gasteiger charge is -2.46. The minimum absolute atomic E-state index is 0.162.